The molecule has 2 atom stereocenters. The molecule has 5 heteroatoms. The van der Waals surface area contributed by atoms with E-state index in [0.29, 0.717) is 5.56 Å². The van der Waals surface area contributed by atoms with Gasteiger partial charge in [-0.25, -0.2) is 9.40 Å². The van der Waals surface area contributed by atoms with Gasteiger partial charge in [0, 0.05) is 16.5 Å². The first-order valence-corrected chi connectivity index (χ1v) is 10.0. The van der Waals surface area contributed by atoms with Crippen LogP contribution in [0, 0.1) is 12.7 Å². The molecule has 5 rings (SSSR count). The average molecular weight is 437 g/mol. The van der Waals surface area contributed by atoms with E-state index < -0.39 is 6.23 Å². The third-order valence-electron chi connectivity index (χ3n) is 5.31. The molecule has 3 nitrogen and oxygen atoms in total. The van der Waals surface area contributed by atoms with Crippen LogP contribution in [0.3, 0.4) is 0 Å². The largest absolute Gasteiger partial charge is 0.464 e. The van der Waals surface area contributed by atoms with Crippen molar-refractivity contribution < 1.29 is 9.13 Å². The first-order valence-electron chi connectivity index (χ1n) is 9.23. The molecule has 0 aliphatic carbocycles. The highest BCUT2D eigenvalue weighted by molar-refractivity contribution is 9.10. The summed E-state index contributed by atoms with van der Waals surface area (Å²) in [6.07, 6.45) is 0.156. The van der Waals surface area contributed by atoms with Crippen LogP contribution in [0.4, 0.5) is 4.39 Å². The lowest BCUT2D eigenvalue weighted by atomic mass is 9.95. The average Bonchev–Trinajstić information content (AvgIpc) is 3.14. The molecule has 0 radical (unpaired) electrons. The van der Waals surface area contributed by atoms with E-state index in [2.05, 4.69) is 53.2 Å². The zero-order chi connectivity index (χ0) is 19.3. The predicted molar refractivity (Wildman–Crippen MR) is 111 cm³/mol. The Hall–Kier alpha value is -2.66. The highest BCUT2D eigenvalue weighted by Crippen LogP contribution is 2.48. The van der Waals surface area contributed by atoms with Gasteiger partial charge in [-0.15, -0.1) is 0 Å². The van der Waals surface area contributed by atoms with Gasteiger partial charge in [-0.1, -0.05) is 64.0 Å². The molecule has 0 spiro atoms. The Labute approximate surface area is 171 Å². The fourth-order valence-electron chi connectivity index (χ4n) is 3.86. The Kier molecular flexibility index (Phi) is 4.20. The number of hydrogen-bond acceptors (Lipinski definition) is 3. The van der Waals surface area contributed by atoms with Crippen molar-refractivity contribution in [2.75, 3.05) is 0 Å². The van der Waals surface area contributed by atoms with Crippen molar-refractivity contribution >= 4 is 21.6 Å². The number of nitrogens with zero attached hydrogens (tertiary/aromatic N) is 2. The van der Waals surface area contributed by atoms with Gasteiger partial charge in [0.2, 0.25) is 6.23 Å². The van der Waals surface area contributed by atoms with E-state index in [4.69, 9.17) is 9.84 Å². The minimum Gasteiger partial charge on any atom is -0.464 e. The van der Waals surface area contributed by atoms with Gasteiger partial charge >= 0.3 is 0 Å². The maximum Gasteiger partial charge on any atom is 0.216 e. The van der Waals surface area contributed by atoms with Crippen molar-refractivity contribution in [3.05, 3.63) is 99.3 Å². The number of aryl methyl sites for hydroxylation is 1. The third-order valence-corrected chi connectivity index (χ3v) is 5.80. The molecule has 3 aromatic rings. The monoisotopic (exact) mass is 436 g/mol. The van der Waals surface area contributed by atoms with Crippen LogP contribution in [0.1, 0.15) is 40.9 Å². The lowest BCUT2D eigenvalue weighted by Gasteiger charge is -2.38. The van der Waals surface area contributed by atoms with E-state index in [0.717, 1.165) is 33.5 Å². The van der Waals surface area contributed by atoms with Gasteiger partial charge < -0.3 is 4.74 Å². The second-order valence-corrected chi connectivity index (χ2v) is 8.10. The number of hydrazone groups is 1. The predicted octanol–water partition coefficient (Wildman–Crippen LogP) is 6.14. The molecule has 2 aliphatic rings. The van der Waals surface area contributed by atoms with Crippen LogP contribution in [-0.2, 0) is 0 Å². The van der Waals surface area contributed by atoms with E-state index in [-0.39, 0.29) is 11.9 Å². The minimum atomic E-state index is -0.595. The molecule has 0 saturated heterocycles. The Morgan fingerprint density at radius 2 is 1.82 bits per heavy atom. The summed E-state index contributed by atoms with van der Waals surface area (Å²) in [7, 11) is 0. The van der Waals surface area contributed by atoms with E-state index in [1.165, 1.54) is 11.6 Å². The van der Waals surface area contributed by atoms with E-state index >= 15 is 0 Å². The molecular formula is C23H18BrFN2O. The highest BCUT2D eigenvalue weighted by Gasteiger charge is 2.41. The second kappa shape index (κ2) is 6.74. The van der Waals surface area contributed by atoms with Crippen LogP contribution in [0.2, 0.25) is 0 Å². The summed E-state index contributed by atoms with van der Waals surface area (Å²) in [5.41, 5.74) is 4.84. The molecule has 0 aromatic heterocycles. The van der Waals surface area contributed by atoms with Gasteiger partial charge in [0.05, 0.1) is 17.3 Å². The number of benzene rings is 3. The van der Waals surface area contributed by atoms with Crippen LogP contribution < -0.4 is 4.74 Å². The van der Waals surface area contributed by atoms with Crippen molar-refractivity contribution in [3.63, 3.8) is 0 Å². The standard InChI is InChI=1S/C23H18BrFN2O/c1-14-6-8-15(9-7-14)20-13-21-18-12-16(24)10-11-22(18)28-23(27(21)26-20)17-4-2-3-5-19(17)25/h2-12,21,23H,13H2,1H3/t21-,23+/m1/s1. The smallest absolute Gasteiger partial charge is 0.216 e. The molecule has 3 aromatic carbocycles. The summed E-state index contributed by atoms with van der Waals surface area (Å²) in [4.78, 5) is 0. The van der Waals surface area contributed by atoms with E-state index in [9.17, 15) is 4.39 Å². The summed E-state index contributed by atoms with van der Waals surface area (Å²) in [5.74, 6) is 0.490. The number of ether oxygens (including phenoxy) is 1. The molecule has 140 valence electrons. The SMILES string of the molecule is Cc1ccc(C2=NN3[C@H](C2)c2cc(Br)ccc2O[C@H]3c2ccccc2F)cc1. The zero-order valence-corrected chi connectivity index (χ0v) is 16.9. The van der Waals surface area contributed by atoms with Gasteiger partial charge in [-0.05, 0) is 36.8 Å². The van der Waals surface area contributed by atoms with Crippen molar-refractivity contribution in [1.29, 1.82) is 0 Å². The highest BCUT2D eigenvalue weighted by atomic mass is 79.9. The lowest BCUT2D eigenvalue weighted by Crippen LogP contribution is -2.34. The normalized spacial score (nSPS) is 20.2. The first-order chi connectivity index (χ1) is 13.6. The van der Waals surface area contributed by atoms with Crippen molar-refractivity contribution in [3.8, 4) is 5.75 Å². The molecule has 0 amide bonds. The fraction of sp³-hybridized carbons (Fsp3) is 0.174. The van der Waals surface area contributed by atoms with Crippen LogP contribution in [0.15, 0.2) is 76.3 Å². The van der Waals surface area contributed by atoms with Gasteiger partial charge in [0.15, 0.2) is 0 Å². The molecule has 0 N–H and O–H groups in total. The van der Waals surface area contributed by atoms with Crippen LogP contribution >= 0.6 is 15.9 Å². The van der Waals surface area contributed by atoms with Crippen molar-refractivity contribution in [1.82, 2.24) is 5.01 Å². The molecule has 2 heterocycles. The molecule has 0 unspecified atom stereocenters. The van der Waals surface area contributed by atoms with Crippen molar-refractivity contribution in [2.24, 2.45) is 5.10 Å². The number of hydrogen-bond donors (Lipinski definition) is 0. The van der Waals surface area contributed by atoms with Gasteiger partial charge in [0.1, 0.15) is 11.6 Å². The van der Waals surface area contributed by atoms with Gasteiger partial charge in [-0.2, -0.15) is 5.10 Å². The maximum atomic E-state index is 14.6. The molecule has 28 heavy (non-hydrogen) atoms. The van der Waals surface area contributed by atoms with Crippen LogP contribution in [-0.4, -0.2) is 10.7 Å². The first kappa shape index (κ1) is 17.4. The summed E-state index contributed by atoms with van der Waals surface area (Å²) in [6.45, 7) is 2.07. The summed E-state index contributed by atoms with van der Waals surface area (Å²) < 4.78 is 21.8. The maximum absolute atomic E-state index is 14.6. The van der Waals surface area contributed by atoms with Gasteiger partial charge in [0.25, 0.3) is 0 Å². The Morgan fingerprint density at radius 3 is 2.61 bits per heavy atom. The Morgan fingerprint density at radius 1 is 1.04 bits per heavy atom. The zero-order valence-electron chi connectivity index (χ0n) is 15.3. The summed E-state index contributed by atoms with van der Waals surface area (Å²) in [5, 5.41) is 6.79. The topological polar surface area (TPSA) is 24.8 Å². The molecular weight excluding hydrogens is 419 g/mol. The second-order valence-electron chi connectivity index (χ2n) is 7.19. The van der Waals surface area contributed by atoms with Crippen molar-refractivity contribution in [2.45, 2.75) is 25.6 Å². The minimum absolute atomic E-state index is 0.00200. The quantitative estimate of drug-likeness (QED) is 0.481. The molecule has 0 saturated carbocycles. The number of rotatable bonds is 2. The fourth-order valence-corrected chi connectivity index (χ4v) is 4.24. The number of fused-ring (bicyclic) bond motifs is 3. The van der Waals surface area contributed by atoms with E-state index in [1.54, 1.807) is 12.1 Å². The summed E-state index contributed by atoms with van der Waals surface area (Å²) >= 11 is 3.56. The Bertz CT molecular complexity index is 1080. The third kappa shape index (κ3) is 2.90. The van der Waals surface area contributed by atoms with Crippen LogP contribution in [0.25, 0.3) is 0 Å². The van der Waals surface area contributed by atoms with E-state index in [1.807, 2.05) is 23.2 Å². The van der Waals surface area contributed by atoms with Crippen LogP contribution in [0.5, 0.6) is 5.75 Å². The lowest BCUT2D eigenvalue weighted by molar-refractivity contribution is -0.0212. The number of halogens is 2. The molecule has 2 aliphatic heterocycles. The molecule has 0 fully saturated rings. The van der Waals surface area contributed by atoms with Gasteiger partial charge in [-0.3, -0.25) is 0 Å². The summed E-state index contributed by atoms with van der Waals surface area (Å²) in [6, 6.07) is 21.1. The molecule has 0 bridgehead atoms. The Balaban J connectivity index is 1.62.